The van der Waals surface area contributed by atoms with Crippen molar-refractivity contribution >= 4 is 22.6 Å². The molecule has 0 unspecified atom stereocenters. The quantitative estimate of drug-likeness (QED) is 0.682. The van der Waals surface area contributed by atoms with Gasteiger partial charge in [0.05, 0.1) is 29.4 Å². The van der Waals surface area contributed by atoms with Gasteiger partial charge in [-0.05, 0) is 37.3 Å². The number of rotatable bonds is 2. The van der Waals surface area contributed by atoms with E-state index in [1.165, 1.54) is 0 Å². The SMILES string of the molecule is C/C=C/c1nc2cc(OC)ccc2n2cccc12. The number of hydrogen-bond acceptors (Lipinski definition) is 2. The minimum absolute atomic E-state index is 0.827. The topological polar surface area (TPSA) is 26.5 Å². The lowest BCUT2D eigenvalue weighted by molar-refractivity contribution is 0.415. The Balaban J connectivity index is 2.43. The largest absolute Gasteiger partial charge is 0.497 e. The zero-order valence-corrected chi connectivity index (χ0v) is 10.4. The summed E-state index contributed by atoms with van der Waals surface area (Å²) in [4.78, 5) is 4.69. The fourth-order valence-electron chi connectivity index (χ4n) is 2.19. The number of aromatic nitrogens is 2. The predicted molar refractivity (Wildman–Crippen MR) is 74.0 cm³/mol. The standard InChI is InChI=1S/C15H14N2O/c1-3-5-12-14-6-4-9-17(14)15-8-7-11(18-2)10-13(15)16-12/h3-10H,1-2H3/b5-3+. The second-order valence-electron chi connectivity index (χ2n) is 4.12. The van der Waals surface area contributed by atoms with Crippen molar-refractivity contribution < 1.29 is 4.74 Å². The summed E-state index contributed by atoms with van der Waals surface area (Å²) >= 11 is 0. The third-order valence-electron chi connectivity index (χ3n) is 3.02. The van der Waals surface area contributed by atoms with Gasteiger partial charge in [-0.15, -0.1) is 0 Å². The predicted octanol–water partition coefficient (Wildman–Crippen LogP) is 3.53. The van der Waals surface area contributed by atoms with E-state index >= 15 is 0 Å². The molecule has 3 heteroatoms. The molecule has 2 aromatic heterocycles. The highest BCUT2D eigenvalue weighted by atomic mass is 16.5. The van der Waals surface area contributed by atoms with E-state index in [-0.39, 0.29) is 0 Å². The lowest BCUT2D eigenvalue weighted by Crippen LogP contribution is -1.94. The Kier molecular flexibility index (Phi) is 2.52. The Morgan fingerprint density at radius 1 is 1.22 bits per heavy atom. The molecule has 0 aliphatic carbocycles. The molecule has 3 rings (SSSR count). The van der Waals surface area contributed by atoms with Crippen LogP contribution in [-0.4, -0.2) is 16.5 Å². The summed E-state index contributed by atoms with van der Waals surface area (Å²) in [7, 11) is 1.67. The van der Waals surface area contributed by atoms with E-state index < -0.39 is 0 Å². The van der Waals surface area contributed by atoms with Crippen molar-refractivity contribution in [3.8, 4) is 5.75 Å². The molecule has 18 heavy (non-hydrogen) atoms. The van der Waals surface area contributed by atoms with E-state index in [0.717, 1.165) is 28.0 Å². The zero-order valence-electron chi connectivity index (χ0n) is 10.4. The van der Waals surface area contributed by atoms with Crippen LogP contribution in [0.25, 0.3) is 22.6 Å². The van der Waals surface area contributed by atoms with Crippen molar-refractivity contribution in [3.05, 3.63) is 48.3 Å². The molecule has 0 amide bonds. The van der Waals surface area contributed by atoms with Gasteiger partial charge in [0.1, 0.15) is 5.75 Å². The van der Waals surface area contributed by atoms with Crippen LogP contribution < -0.4 is 4.74 Å². The van der Waals surface area contributed by atoms with Crippen LogP contribution in [0.2, 0.25) is 0 Å². The van der Waals surface area contributed by atoms with E-state index in [1.54, 1.807) is 7.11 Å². The molecule has 3 nitrogen and oxygen atoms in total. The molecule has 0 spiro atoms. The molecule has 0 saturated heterocycles. The van der Waals surface area contributed by atoms with Gasteiger partial charge in [-0.1, -0.05) is 6.08 Å². The van der Waals surface area contributed by atoms with Gasteiger partial charge in [-0.2, -0.15) is 0 Å². The van der Waals surface area contributed by atoms with Gasteiger partial charge in [0.15, 0.2) is 0 Å². The molecule has 90 valence electrons. The smallest absolute Gasteiger partial charge is 0.121 e. The third kappa shape index (κ3) is 1.56. The molecular formula is C15H14N2O. The Labute approximate surface area is 105 Å². The first-order valence-corrected chi connectivity index (χ1v) is 5.91. The number of allylic oxidation sites excluding steroid dienone is 1. The lowest BCUT2D eigenvalue weighted by atomic mass is 10.2. The van der Waals surface area contributed by atoms with Crippen molar-refractivity contribution in [2.24, 2.45) is 0 Å². The summed E-state index contributed by atoms with van der Waals surface area (Å²) in [5.41, 5.74) is 4.12. The van der Waals surface area contributed by atoms with Gasteiger partial charge >= 0.3 is 0 Å². The molecule has 0 bridgehead atoms. The summed E-state index contributed by atoms with van der Waals surface area (Å²) in [5.74, 6) is 0.827. The summed E-state index contributed by atoms with van der Waals surface area (Å²) < 4.78 is 7.40. The van der Waals surface area contributed by atoms with Crippen LogP contribution in [0.4, 0.5) is 0 Å². The fraction of sp³-hybridized carbons (Fsp3) is 0.133. The van der Waals surface area contributed by atoms with E-state index in [9.17, 15) is 0 Å². The van der Waals surface area contributed by atoms with E-state index in [0.29, 0.717) is 0 Å². The van der Waals surface area contributed by atoms with Crippen LogP contribution >= 0.6 is 0 Å². The van der Waals surface area contributed by atoms with Gasteiger partial charge in [0.2, 0.25) is 0 Å². The Morgan fingerprint density at radius 2 is 2.11 bits per heavy atom. The molecule has 0 fully saturated rings. The normalized spacial score (nSPS) is 11.7. The number of benzene rings is 1. The van der Waals surface area contributed by atoms with Crippen molar-refractivity contribution in [2.45, 2.75) is 6.92 Å². The van der Waals surface area contributed by atoms with Crippen molar-refractivity contribution in [2.75, 3.05) is 7.11 Å². The van der Waals surface area contributed by atoms with Crippen LogP contribution in [0.15, 0.2) is 42.6 Å². The van der Waals surface area contributed by atoms with Crippen LogP contribution in [0.1, 0.15) is 12.6 Å². The zero-order chi connectivity index (χ0) is 12.5. The molecule has 0 atom stereocenters. The monoisotopic (exact) mass is 238 g/mol. The van der Waals surface area contributed by atoms with Crippen LogP contribution in [0, 0.1) is 0 Å². The summed E-state index contributed by atoms with van der Waals surface area (Å²) in [6.45, 7) is 2.00. The summed E-state index contributed by atoms with van der Waals surface area (Å²) in [6.07, 6.45) is 6.08. The average molecular weight is 238 g/mol. The highest BCUT2D eigenvalue weighted by molar-refractivity contribution is 5.83. The van der Waals surface area contributed by atoms with Crippen molar-refractivity contribution in [3.63, 3.8) is 0 Å². The minimum Gasteiger partial charge on any atom is -0.497 e. The molecule has 0 N–H and O–H groups in total. The van der Waals surface area contributed by atoms with Crippen LogP contribution in [0.3, 0.4) is 0 Å². The Morgan fingerprint density at radius 3 is 2.89 bits per heavy atom. The Hall–Kier alpha value is -2.29. The van der Waals surface area contributed by atoms with Gasteiger partial charge in [-0.25, -0.2) is 4.98 Å². The molecule has 0 aliphatic heterocycles. The first-order chi connectivity index (χ1) is 8.83. The number of ether oxygens (including phenoxy) is 1. The minimum atomic E-state index is 0.827. The number of fused-ring (bicyclic) bond motifs is 3. The number of methoxy groups -OCH3 is 1. The van der Waals surface area contributed by atoms with E-state index in [4.69, 9.17) is 4.74 Å². The fourth-order valence-corrected chi connectivity index (χ4v) is 2.19. The highest BCUT2D eigenvalue weighted by Gasteiger charge is 2.06. The third-order valence-corrected chi connectivity index (χ3v) is 3.02. The Bertz CT molecular complexity index is 741. The maximum absolute atomic E-state index is 5.25. The van der Waals surface area contributed by atoms with Gasteiger partial charge in [0.25, 0.3) is 0 Å². The van der Waals surface area contributed by atoms with Crippen LogP contribution in [-0.2, 0) is 0 Å². The maximum atomic E-state index is 5.25. The number of nitrogens with zero attached hydrogens (tertiary/aromatic N) is 2. The number of hydrogen-bond donors (Lipinski definition) is 0. The van der Waals surface area contributed by atoms with Crippen molar-refractivity contribution in [1.82, 2.24) is 9.38 Å². The highest BCUT2D eigenvalue weighted by Crippen LogP contribution is 2.23. The summed E-state index contributed by atoms with van der Waals surface area (Å²) in [6, 6.07) is 10.1. The second-order valence-corrected chi connectivity index (χ2v) is 4.12. The van der Waals surface area contributed by atoms with E-state index in [1.807, 2.05) is 43.3 Å². The molecular weight excluding hydrogens is 224 g/mol. The van der Waals surface area contributed by atoms with E-state index in [2.05, 4.69) is 21.6 Å². The first kappa shape index (κ1) is 10.8. The lowest BCUT2D eigenvalue weighted by Gasteiger charge is -2.07. The maximum Gasteiger partial charge on any atom is 0.121 e. The van der Waals surface area contributed by atoms with Crippen LogP contribution in [0.5, 0.6) is 5.75 Å². The first-order valence-electron chi connectivity index (χ1n) is 5.91. The van der Waals surface area contributed by atoms with Gasteiger partial charge in [-0.3, -0.25) is 0 Å². The molecule has 0 radical (unpaired) electrons. The summed E-state index contributed by atoms with van der Waals surface area (Å²) in [5, 5.41) is 0. The second kappa shape index (κ2) is 4.18. The molecule has 0 saturated carbocycles. The van der Waals surface area contributed by atoms with Gasteiger partial charge < -0.3 is 9.14 Å². The molecule has 3 aromatic rings. The molecule has 1 aromatic carbocycles. The average Bonchev–Trinajstić information content (AvgIpc) is 2.88. The molecule has 2 heterocycles. The van der Waals surface area contributed by atoms with Gasteiger partial charge in [0, 0.05) is 12.3 Å². The molecule has 0 aliphatic rings. The van der Waals surface area contributed by atoms with Crippen molar-refractivity contribution in [1.29, 1.82) is 0 Å².